The summed E-state index contributed by atoms with van der Waals surface area (Å²) in [5, 5.41) is 16.1. The number of nitriles is 1. The third-order valence-electron chi connectivity index (χ3n) is 11.5. The third kappa shape index (κ3) is 6.89. The van der Waals surface area contributed by atoms with Crippen LogP contribution in [-0.2, 0) is 42.1 Å². The molecule has 2 fully saturated rings. The number of carbonyl (C=O) groups is 2. The van der Waals surface area contributed by atoms with Crippen LogP contribution in [0.5, 0.6) is 0 Å². The number of ether oxygens (including phenoxy) is 1. The Bertz CT molecular complexity index is 2460. The van der Waals surface area contributed by atoms with E-state index in [0.29, 0.717) is 56.8 Å². The highest BCUT2D eigenvalue weighted by molar-refractivity contribution is 6.06. The number of hydrogen-bond donors (Lipinski definition) is 2. The third-order valence-corrected chi connectivity index (χ3v) is 11.5. The highest BCUT2D eigenvalue weighted by atomic mass is 19.4. The number of pyridine rings is 1. The fraction of sp³-hybridized carbons (Fsp3) is 0.415. The van der Waals surface area contributed by atoms with E-state index >= 15 is 13.2 Å². The molecule has 302 valence electrons. The Kier molecular flexibility index (Phi) is 9.67. The molecule has 3 aromatic heterocycles. The molecule has 4 aliphatic rings. The largest absolute Gasteiger partial charge is 0.420 e. The number of anilines is 5. The average molecular weight is 797 g/mol. The lowest BCUT2D eigenvalue weighted by Crippen LogP contribution is -2.59. The molecule has 6 heterocycles. The number of alkyl halides is 3. The SMILES string of the molecule is C=CC(=O)Nc1cc(Nc2nc(-c3ccnc(N4CCn5c(cc6c5CC(C)(C)C6)C4=O)c3C(F)(F)F)cn(C)c2=O)cc(C#N)c1N1CCN(C2COC2)CC1C. The van der Waals surface area contributed by atoms with Gasteiger partial charge >= 0.3 is 6.18 Å². The molecule has 3 aliphatic heterocycles. The predicted molar refractivity (Wildman–Crippen MR) is 211 cm³/mol. The number of amides is 2. The number of aromatic nitrogens is 4. The molecule has 1 atom stereocenters. The van der Waals surface area contributed by atoms with Crippen LogP contribution in [0.4, 0.5) is 41.9 Å². The van der Waals surface area contributed by atoms with Gasteiger partial charge in [-0.15, -0.1) is 0 Å². The van der Waals surface area contributed by atoms with Gasteiger partial charge in [-0.05, 0) is 61.1 Å². The van der Waals surface area contributed by atoms with E-state index in [1.807, 2.05) is 16.4 Å². The number of nitrogens with one attached hydrogen (secondary N) is 2. The number of aryl methyl sites for hydroxylation is 1. The van der Waals surface area contributed by atoms with Gasteiger partial charge in [-0.2, -0.15) is 18.4 Å². The Morgan fingerprint density at radius 1 is 1.12 bits per heavy atom. The van der Waals surface area contributed by atoms with E-state index < -0.39 is 34.9 Å². The minimum atomic E-state index is -4.97. The summed E-state index contributed by atoms with van der Waals surface area (Å²) in [5.41, 5.74) is 1.13. The van der Waals surface area contributed by atoms with Crippen molar-refractivity contribution in [3.8, 4) is 17.3 Å². The van der Waals surface area contributed by atoms with Crippen molar-refractivity contribution in [3.05, 3.63) is 87.7 Å². The average Bonchev–Trinajstić information content (AvgIpc) is 3.64. The molecule has 8 rings (SSSR count). The molecule has 0 radical (unpaired) electrons. The summed E-state index contributed by atoms with van der Waals surface area (Å²) in [7, 11) is 1.38. The van der Waals surface area contributed by atoms with Gasteiger partial charge in [0.15, 0.2) is 5.82 Å². The zero-order valence-corrected chi connectivity index (χ0v) is 32.6. The Hall–Kier alpha value is -5.99. The smallest absolute Gasteiger partial charge is 0.378 e. The summed E-state index contributed by atoms with van der Waals surface area (Å²) in [4.78, 5) is 54.1. The van der Waals surface area contributed by atoms with E-state index in [0.717, 1.165) is 45.7 Å². The van der Waals surface area contributed by atoms with E-state index in [1.54, 1.807) is 12.1 Å². The molecule has 1 unspecified atom stereocenters. The first-order valence-electron chi connectivity index (χ1n) is 19.1. The van der Waals surface area contributed by atoms with Gasteiger partial charge in [0.2, 0.25) is 5.91 Å². The maximum atomic E-state index is 15.2. The second kappa shape index (κ2) is 14.4. The van der Waals surface area contributed by atoms with Crippen LogP contribution in [0.2, 0.25) is 0 Å². The van der Waals surface area contributed by atoms with Crippen LogP contribution in [0.15, 0.2) is 54.1 Å². The molecular weight excluding hydrogens is 754 g/mol. The van der Waals surface area contributed by atoms with Crippen LogP contribution < -0.4 is 26.0 Å². The lowest BCUT2D eigenvalue weighted by atomic mass is 9.90. The Morgan fingerprint density at radius 2 is 1.90 bits per heavy atom. The van der Waals surface area contributed by atoms with Crippen molar-refractivity contribution in [2.75, 3.05) is 59.8 Å². The molecule has 2 saturated heterocycles. The molecule has 17 heteroatoms. The van der Waals surface area contributed by atoms with Crippen LogP contribution in [0.1, 0.15) is 53.6 Å². The minimum absolute atomic E-state index is 0.0215. The van der Waals surface area contributed by atoms with E-state index in [1.165, 1.54) is 25.5 Å². The number of benzene rings is 1. The lowest BCUT2D eigenvalue weighted by Gasteiger charge is -2.47. The molecule has 14 nitrogen and oxygen atoms in total. The quantitative estimate of drug-likeness (QED) is 0.231. The summed E-state index contributed by atoms with van der Waals surface area (Å²) in [6, 6.07) is 8.49. The van der Waals surface area contributed by atoms with Gasteiger partial charge in [0.05, 0.1) is 41.9 Å². The molecule has 2 amide bonds. The lowest BCUT2D eigenvalue weighted by molar-refractivity contribution is -0.136. The molecule has 0 bridgehead atoms. The maximum absolute atomic E-state index is 15.2. The van der Waals surface area contributed by atoms with Gasteiger partial charge < -0.3 is 29.4 Å². The van der Waals surface area contributed by atoms with Gasteiger partial charge in [0.25, 0.3) is 11.5 Å². The Labute approximate surface area is 332 Å². The highest BCUT2D eigenvalue weighted by Gasteiger charge is 2.43. The molecule has 0 spiro atoms. The normalized spacial score (nSPS) is 19.3. The van der Waals surface area contributed by atoms with Crippen molar-refractivity contribution in [1.29, 1.82) is 5.26 Å². The Morgan fingerprint density at radius 3 is 2.57 bits per heavy atom. The van der Waals surface area contributed by atoms with Crippen molar-refractivity contribution in [3.63, 3.8) is 0 Å². The zero-order chi connectivity index (χ0) is 41.3. The fourth-order valence-electron chi connectivity index (χ4n) is 8.68. The summed E-state index contributed by atoms with van der Waals surface area (Å²) in [5.74, 6) is -2.00. The molecule has 58 heavy (non-hydrogen) atoms. The topological polar surface area (TPSA) is 154 Å². The molecular formula is C41H43F3N10O4. The number of rotatable bonds is 8. The molecule has 1 aromatic carbocycles. The summed E-state index contributed by atoms with van der Waals surface area (Å²) in [6.07, 6.45) is 0.0400. The van der Waals surface area contributed by atoms with Crippen molar-refractivity contribution in [1.82, 2.24) is 24.0 Å². The number of fused-ring (bicyclic) bond motifs is 3. The van der Waals surface area contributed by atoms with E-state index in [9.17, 15) is 19.6 Å². The van der Waals surface area contributed by atoms with Gasteiger partial charge in [0, 0.05) is 75.2 Å². The van der Waals surface area contributed by atoms with Crippen LogP contribution in [0.25, 0.3) is 11.3 Å². The fourth-order valence-corrected chi connectivity index (χ4v) is 8.68. The first-order valence-corrected chi connectivity index (χ1v) is 19.1. The molecule has 1 aliphatic carbocycles. The van der Waals surface area contributed by atoms with Crippen molar-refractivity contribution in [2.45, 2.75) is 58.4 Å². The second-order valence-electron chi connectivity index (χ2n) is 16.2. The molecule has 0 saturated carbocycles. The Balaban J connectivity index is 1.15. The number of carbonyl (C=O) groups excluding carboxylic acids is 2. The van der Waals surface area contributed by atoms with Crippen LogP contribution in [-0.4, -0.2) is 87.3 Å². The zero-order valence-electron chi connectivity index (χ0n) is 32.6. The standard InChI is InChI=1S/C41H43F3N10O4/c1-6-33(55)48-29-15-26(13-25(18-45)35(29)52-10-9-51(19-23(52)2)27-21-58-22-27)47-36-39(57)50(5)20-30(49-36)28-7-8-46-37(34(28)41(42,43)44)54-12-11-53-31(38(54)56)14-24-16-40(3,4)17-32(24)53/h6-8,13-15,20,23,27H,1,9-12,16-17,19,21-22H2,2-5H3,(H,47,49)(H,48,55). The number of nitrogens with zero attached hydrogens (tertiary/aromatic N) is 8. The summed E-state index contributed by atoms with van der Waals surface area (Å²) in [6.45, 7) is 13.5. The van der Waals surface area contributed by atoms with Crippen molar-refractivity contribution in [2.24, 2.45) is 12.5 Å². The predicted octanol–water partition coefficient (Wildman–Crippen LogP) is 5.10. The molecule has 2 N–H and O–H groups in total. The van der Waals surface area contributed by atoms with Gasteiger partial charge in [-0.25, -0.2) is 9.97 Å². The summed E-state index contributed by atoms with van der Waals surface area (Å²) >= 11 is 0. The number of halogens is 3. The van der Waals surface area contributed by atoms with Gasteiger partial charge in [-0.3, -0.25) is 24.2 Å². The van der Waals surface area contributed by atoms with Gasteiger partial charge in [0.1, 0.15) is 23.1 Å². The van der Waals surface area contributed by atoms with Crippen LogP contribution in [0.3, 0.4) is 0 Å². The van der Waals surface area contributed by atoms with Crippen LogP contribution in [0, 0.1) is 16.7 Å². The number of hydrogen-bond acceptors (Lipinski definition) is 10. The van der Waals surface area contributed by atoms with E-state index in [-0.39, 0.29) is 52.0 Å². The summed E-state index contributed by atoms with van der Waals surface area (Å²) < 4.78 is 54.0. The maximum Gasteiger partial charge on any atom is 0.420 e. The minimum Gasteiger partial charge on any atom is -0.378 e. The van der Waals surface area contributed by atoms with E-state index in [4.69, 9.17) is 4.74 Å². The highest BCUT2D eigenvalue weighted by Crippen LogP contribution is 2.44. The van der Waals surface area contributed by atoms with E-state index in [2.05, 4.69) is 52.0 Å². The second-order valence-corrected chi connectivity index (χ2v) is 16.2. The number of piperazine rings is 1. The van der Waals surface area contributed by atoms with Crippen LogP contribution >= 0.6 is 0 Å². The first-order chi connectivity index (χ1) is 27.6. The van der Waals surface area contributed by atoms with Crippen molar-refractivity contribution < 1.29 is 27.5 Å². The first kappa shape index (κ1) is 38.9. The monoisotopic (exact) mass is 796 g/mol. The van der Waals surface area contributed by atoms with Crippen molar-refractivity contribution >= 4 is 40.5 Å². The molecule has 4 aromatic rings. The van der Waals surface area contributed by atoms with Gasteiger partial charge in [-0.1, -0.05) is 20.4 Å².